The molecule has 4 saturated heterocycles. The largest absolute Gasteiger partial charge is 0.469 e. The van der Waals surface area contributed by atoms with Crippen molar-refractivity contribution < 1.29 is 33.4 Å². The van der Waals surface area contributed by atoms with E-state index < -0.39 is 11.2 Å². The molecule has 0 radical (unpaired) electrons. The van der Waals surface area contributed by atoms with Gasteiger partial charge in [0.2, 0.25) is 5.12 Å². The number of ether oxygens (including phenoxy) is 3. The van der Waals surface area contributed by atoms with Crippen LogP contribution in [0.3, 0.4) is 0 Å². The quantitative estimate of drug-likeness (QED) is 0.215. The van der Waals surface area contributed by atoms with E-state index in [1.165, 1.54) is 24.4 Å². The Morgan fingerprint density at radius 2 is 1.35 bits per heavy atom. The van der Waals surface area contributed by atoms with Crippen molar-refractivity contribution in [2.45, 2.75) is 96.0 Å². The summed E-state index contributed by atoms with van der Waals surface area (Å²) in [5.74, 6) is 1.76. The van der Waals surface area contributed by atoms with Gasteiger partial charge in [-0.25, -0.2) is 9.59 Å². The van der Waals surface area contributed by atoms with Crippen molar-refractivity contribution in [2.24, 2.45) is 5.92 Å². The number of hydrogen-bond acceptors (Lipinski definition) is 9. The Hall–Kier alpha value is -1.88. The summed E-state index contributed by atoms with van der Waals surface area (Å²) in [7, 11) is 1.45. The van der Waals surface area contributed by atoms with E-state index in [2.05, 4.69) is 0 Å². The van der Waals surface area contributed by atoms with Crippen molar-refractivity contribution in [3.8, 4) is 0 Å². The van der Waals surface area contributed by atoms with Gasteiger partial charge in [-0.1, -0.05) is 17.3 Å². The molecule has 0 aliphatic carbocycles. The minimum Gasteiger partial charge on any atom is -0.469 e. The van der Waals surface area contributed by atoms with Crippen LogP contribution in [0.2, 0.25) is 0 Å². The van der Waals surface area contributed by atoms with Gasteiger partial charge >= 0.3 is 18.2 Å². The lowest BCUT2D eigenvalue weighted by Crippen LogP contribution is -2.49. The first kappa shape index (κ1) is 32.6. The molecule has 0 aromatic rings. The molecule has 0 aromatic carbocycles. The summed E-state index contributed by atoms with van der Waals surface area (Å²) in [6.07, 6.45) is 4.54. The second-order valence-corrected chi connectivity index (χ2v) is 15.3. The molecule has 4 aliphatic heterocycles. The molecule has 4 heterocycles. The first-order chi connectivity index (χ1) is 18.6. The van der Waals surface area contributed by atoms with E-state index >= 15 is 0 Å². The molecule has 4 fully saturated rings. The normalized spacial score (nSPS) is 23.1. The summed E-state index contributed by atoms with van der Waals surface area (Å²) in [6.45, 7) is 13.8. The molecular weight excluding hydrogens is 552 g/mol. The molecule has 1 unspecified atom stereocenters. The van der Waals surface area contributed by atoms with Crippen LogP contribution >= 0.6 is 23.5 Å². The number of nitrogens with zero attached hydrogens (tertiary/aromatic N) is 2. The lowest BCUT2D eigenvalue weighted by atomic mass is 9.82. The number of amides is 2. The first-order valence-electron chi connectivity index (χ1n) is 14.2. The summed E-state index contributed by atoms with van der Waals surface area (Å²) in [6, 6.07) is 0. The maximum absolute atomic E-state index is 12.1. The highest BCUT2D eigenvalue weighted by Crippen LogP contribution is 2.50. The second-order valence-electron chi connectivity index (χ2n) is 12.7. The van der Waals surface area contributed by atoms with Crippen molar-refractivity contribution in [3.63, 3.8) is 0 Å². The second kappa shape index (κ2) is 13.4. The van der Waals surface area contributed by atoms with Gasteiger partial charge in [0.1, 0.15) is 11.2 Å². The fraction of sp³-hybridized carbons (Fsp3) is 0.793. The fourth-order valence-corrected chi connectivity index (χ4v) is 8.01. The van der Waals surface area contributed by atoms with Gasteiger partial charge in [-0.15, -0.1) is 0 Å². The summed E-state index contributed by atoms with van der Waals surface area (Å²) in [4.78, 5) is 51.1. The molecular formula is C29H46N2O7S2. The van der Waals surface area contributed by atoms with Gasteiger partial charge in [-0.3, -0.25) is 9.59 Å². The Bertz CT molecular complexity index is 981. The van der Waals surface area contributed by atoms with Gasteiger partial charge in [0, 0.05) is 42.3 Å². The molecule has 1 atom stereocenters. The van der Waals surface area contributed by atoms with Crippen LogP contribution in [0.25, 0.3) is 0 Å². The van der Waals surface area contributed by atoms with E-state index in [1.807, 2.05) is 53.3 Å². The molecule has 1 spiro atoms. The highest BCUT2D eigenvalue weighted by molar-refractivity contribution is 8.14. The molecule has 4 aliphatic rings. The number of esters is 1. The predicted octanol–water partition coefficient (Wildman–Crippen LogP) is 5.66. The molecule has 0 bridgehead atoms. The van der Waals surface area contributed by atoms with Crippen LogP contribution in [0.5, 0.6) is 0 Å². The topological polar surface area (TPSA) is 102 Å². The van der Waals surface area contributed by atoms with Crippen LogP contribution < -0.4 is 0 Å². The van der Waals surface area contributed by atoms with Crippen LogP contribution in [-0.4, -0.2) is 93.8 Å². The Morgan fingerprint density at radius 3 is 1.80 bits per heavy atom. The average Bonchev–Trinajstić information content (AvgIpc) is 3.48. The summed E-state index contributed by atoms with van der Waals surface area (Å²) >= 11 is 3.28. The van der Waals surface area contributed by atoms with E-state index in [0.717, 1.165) is 55.6 Å². The molecule has 9 nitrogen and oxygen atoms in total. The Labute approximate surface area is 247 Å². The molecule has 0 N–H and O–H groups in total. The monoisotopic (exact) mass is 598 g/mol. The number of carbonyl (C=O) groups excluding carboxylic acids is 4. The van der Waals surface area contributed by atoms with Crippen LogP contribution in [0.4, 0.5) is 9.59 Å². The molecule has 0 aromatic heterocycles. The number of thioether (sulfide) groups is 2. The van der Waals surface area contributed by atoms with Gasteiger partial charge in [-0.2, -0.15) is 11.8 Å². The number of piperidine rings is 2. The minimum atomic E-state index is -0.469. The van der Waals surface area contributed by atoms with Gasteiger partial charge in [0.05, 0.1) is 13.0 Å². The third kappa shape index (κ3) is 8.81. The van der Waals surface area contributed by atoms with Crippen LogP contribution in [0, 0.1) is 5.92 Å². The van der Waals surface area contributed by atoms with Gasteiger partial charge in [-0.05, 0) is 85.8 Å². The third-order valence-corrected chi connectivity index (χ3v) is 10.1. The molecule has 2 amide bonds. The van der Waals surface area contributed by atoms with E-state index in [0.29, 0.717) is 26.2 Å². The number of likely N-dealkylation sites (tertiary alicyclic amines) is 2. The maximum atomic E-state index is 12.1. The number of carbonyl (C=O) groups is 4. The Morgan fingerprint density at radius 1 is 0.825 bits per heavy atom. The van der Waals surface area contributed by atoms with Crippen molar-refractivity contribution in [2.75, 3.05) is 44.8 Å². The molecule has 226 valence electrons. The summed E-state index contributed by atoms with van der Waals surface area (Å²) in [5, 5.41) is 0.237. The molecule has 0 saturated carbocycles. The number of hydrogen-bond donors (Lipinski definition) is 0. The van der Waals surface area contributed by atoms with E-state index in [1.54, 1.807) is 9.80 Å². The fourth-order valence-electron chi connectivity index (χ4n) is 5.45. The zero-order valence-corrected chi connectivity index (χ0v) is 26.8. The number of methoxy groups -OCH3 is 1. The van der Waals surface area contributed by atoms with Crippen LogP contribution in [0.1, 0.15) is 80.1 Å². The zero-order chi connectivity index (χ0) is 29.7. The number of rotatable bonds is 1. The van der Waals surface area contributed by atoms with Crippen molar-refractivity contribution in [1.29, 1.82) is 0 Å². The first-order valence-corrected chi connectivity index (χ1v) is 16.2. The maximum Gasteiger partial charge on any atom is 0.410 e. The van der Waals surface area contributed by atoms with Gasteiger partial charge < -0.3 is 24.0 Å². The predicted molar refractivity (Wildman–Crippen MR) is 159 cm³/mol. The standard InChI is InChI=1S/C15H25NO4S.C14H21NO3S/c1-14(2,3)20-13(18)16-8-6-15(7-9-16)11(5-10-21-15)12(17)19-4;1-14(2,3)18-13(17)15-7-4-10(5-8-15)11-6-9-19-12(11)16/h11H,5-10H2,1-4H3;4-9H2,1-3H3. The van der Waals surface area contributed by atoms with Crippen molar-refractivity contribution in [3.05, 3.63) is 11.1 Å². The highest BCUT2D eigenvalue weighted by atomic mass is 32.2. The zero-order valence-electron chi connectivity index (χ0n) is 25.1. The van der Waals surface area contributed by atoms with E-state index in [-0.39, 0.29) is 33.9 Å². The Balaban J connectivity index is 0.000000222. The molecule has 40 heavy (non-hydrogen) atoms. The van der Waals surface area contributed by atoms with Crippen LogP contribution in [-0.2, 0) is 23.8 Å². The van der Waals surface area contributed by atoms with E-state index in [4.69, 9.17) is 14.2 Å². The molecule has 11 heteroatoms. The van der Waals surface area contributed by atoms with Crippen molar-refractivity contribution >= 4 is 46.8 Å². The van der Waals surface area contributed by atoms with Crippen molar-refractivity contribution in [1.82, 2.24) is 9.80 Å². The van der Waals surface area contributed by atoms with Crippen LogP contribution in [0.15, 0.2) is 11.1 Å². The van der Waals surface area contributed by atoms with Gasteiger partial charge in [0.25, 0.3) is 0 Å². The minimum absolute atomic E-state index is 0.0340. The smallest absolute Gasteiger partial charge is 0.410 e. The lowest BCUT2D eigenvalue weighted by Gasteiger charge is -2.41. The van der Waals surface area contributed by atoms with Gasteiger partial charge in [0.15, 0.2) is 0 Å². The SMILES string of the molecule is CC(C)(C)OC(=O)N1CCC(=C2CCSC2=O)CC1.COC(=O)C1CCSC12CCN(C(=O)OC(C)(C)C)CC2. The summed E-state index contributed by atoms with van der Waals surface area (Å²) < 4.78 is 15.7. The lowest BCUT2D eigenvalue weighted by molar-refractivity contribution is -0.146. The van der Waals surface area contributed by atoms with E-state index in [9.17, 15) is 19.2 Å². The summed E-state index contributed by atoms with van der Waals surface area (Å²) in [5.41, 5.74) is 1.33. The third-order valence-electron chi connectivity index (χ3n) is 7.46. The molecule has 4 rings (SSSR count). The highest BCUT2D eigenvalue weighted by Gasteiger charge is 2.50. The average molecular weight is 599 g/mol. The Kier molecular flexibility index (Phi) is 10.9.